The molecule has 3 rings (SSSR count). The number of hydrogen-bond donors (Lipinski definition) is 18. The zero-order valence-electron chi connectivity index (χ0n) is 49.5. The smallest absolute Gasteiger partial charge is 0.326 e. The number of carbonyl (C=O) groups excluding carboxylic acids is 9. The molecule has 23 N–H and O–H groups in total. The van der Waals surface area contributed by atoms with Crippen LogP contribution in [0.25, 0.3) is 0 Å². The molecule has 2 aromatic rings. The molecule has 478 valence electrons. The summed E-state index contributed by atoms with van der Waals surface area (Å²) >= 11 is 0. The molecule has 1 aromatic carbocycles. The molecule has 9 amide bonds. The van der Waals surface area contributed by atoms with E-state index >= 15 is 0 Å². The highest BCUT2D eigenvalue weighted by molar-refractivity contribution is 5.98. The lowest BCUT2D eigenvalue weighted by Gasteiger charge is -2.29. The number of hydrogen-bond acceptors (Lipinski definition) is 16. The number of aliphatic imine (C=N–C) groups is 2. The van der Waals surface area contributed by atoms with Gasteiger partial charge in [-0.05, 0) is 70.3 Å². The average molecular weight is 1210 g/mol. The maximum Gasteiger partial charge on any atom is 0.326 e. The number of imidazole rings is 1. The normalized spacial score (nSPS) is 16.5. The van der Waals surface area contributed by atoms with Crippen LogP contribution >= 0.6 is 0 Å². The summed E-state index contributed by atoms with van der Waals surface area (Å²) in [6.45, 7) is 6.58. The minimum absolute atomic E-state index is 0.0409. The van der Waals surface area contributed by atoms with Crippen molar-refractivity contribution in [2.24, 2.45) is 50.5 Å². The largest absolute Gasteiger partial charge is 0.480 e. The number of aromatic amines is 1. The summed E-state index contributed by atoms with van der Waals surface area (Å²) in [6, 6.07) is -4.03. The Morgan fingerprint density at radius 1 is 0.616 bits per heavy atom. The Bertz CT molecular complexity index is 2590. The van der Waals surface area contributed by atoms with Crippen LogP contribution < -0.4 is 76.5 Å². The third-order valence-corrected chi connectivity index (χ3v) is 14.4. The Labute approximate surface area is 499 Å². The first-order chi connectivity index (χ1) is 40.7. The second-order valence-electron chi connectivity index (χ2n) is 21.6. The number of carboxylic acids is 1. The number of aromatic nitrogens is 2. The van der Waals surface area contributed by atoms with Crippen LogP contribution in [0.15, 0.2) is 52.8 Å². The fraction of sp³-hybridized carbons (Fsp3) is 0.618. The van der Waals surface area contributed by atoms with Gasteiger partial charge in [0.2, 0.25) is 53.2 Å². The minimum Gasteiger partial charge on any atom is -0.480 e. The summed E-state index contributed by atoms with van der Waals surface area (Å²) in [6.07, 6.45) is 4.86. The number of aliphatic hydroxyl groups is 2. The lowest BCUT2D eigenvalue weighted by molar-refractivity contribution is -0.143. The summed E-state index contributed by atoms with van der Waals surface area (Å²) < 4.78 is 0. The number of rotatable bonds is 37. The number of benzene rings is 1. The van der Waals surface area contributed by atoms with Gasteiger partial charge in [-0.25, -0.2) is 9.78 Å². The van der Waals surface area contributed by atoms with Gasteiger partial charge in [-0.1, -0.05) is 82.7 Å². The lowest BCUT2D eigenvalue weighted by atomic mass is 9.84. The van der Waals surface area contributed by atoms with Crippen LogP contribution in [0.5, 0.6) is 0 Å². The number of aliphatic hydroxyl groups excluding tert-OH is 2. The molecule has 1 heterocycles. The molecule has 0 radical (unpaired) electrons. The van der Waals surface area contributed by atoms with Crippen molar-refractivity contribution in [2.75, 3.05) is 19.6 Å². The van der Waals surface area contributed by atoms with Gasteiger partial charge in [0, 0.05) is 37.8 Å². The maximum absolute atomic E-state index is 14.3. The Morgan fingerprint density at radius 3 is 1.71 bits per heavy atom. The van der Waals surface area contributed by atoms with Crippen molar-refractivity contribution in [3.63, 3.8) is 0 Å². The number of carboxylic acid groups (broad SMARTS) is 1. The van der Waals surface area contributed by atoms with Crippen LogP contribution in [0.4, 0.5) is 0 Å². The second-order valence-corrected chi connectivity index (χ2v) is 21.6. The van der Waals surface area contributed by atoms with Crippen molar-refractivity contribution in [3.05, 3.63) is 54.1 Å². The van der Waals surface area contributed by atoms with E-state index in [4.69, 9.17) is 28.7 Å². The van der Waals surface area contributed by atoms with E-state index in [-0.39, 0.29) is 69.5 Å². The molecular formula is C55H90N18O13. The molecule has 12 atom stereocenters. The van der Waals surface area contributed by atoms with Crippen LogP contribution in [0, 0.1) is 11.8 Å². The zero-order valence-corrected chi connectivity index (χ0v) is 49.5. The zero-order chi connectivity index (χ0) is 64.0. The van der Waals surface area contributed by atoms with E-state index in [9.17, 15) is 63.3 Å². The second kappa shape index (κ2) is 37.1. The van der Waals surface area contributed by atoms with Gasteiger partial charge >= 0.3 is 5.97 Å². The van der Waals surface area contributed by atoms with Gasteiger partial charge in [-0.15, -0.1) is 0 Å². The van der Waals surface area contributed by atoms with Crippen LogP contribution in [0.1, 0.15) is 117 Å². The first kappa shape index (κ1) is 71.8. The minimum atomic E-state index is -1.85. The molecule has 1 saturated carbocycles. The maximum atomic E-state index is 14.3. The van der Waals surface area contributed by atoms with Gasteiger partial charge in [0.25, 0.3) is 0 Å². The Balaban J connectivity index is 1.77. The molecule has 31 heteroatoms. The number of aliphatic carboxylic acids is 1. The first-order valence-corrected chi connectivity index (χ1v) is 28.9. The van der Waals surface area contributed by atoms with E-state index in [2.05, 4.69) is 67.8 Å². The number of guanidine groups is 2. The summed E-state index contributed by atoms with van der Waals surface area (Å²) in [4.78, 5) is 151. The molecule has 31 nitrogen and oxygen atoms in total. The summed E-state index contributed by atoms with van der Waals surface area (Å²) in [5, 5.41) is 54.1. The molecule has 1 aromatic heterocycles. The van der Waals surface area contributed by atoms with E-state index in [1.165, 1.54) is 19.4 Å². The van der Waals surface area contributed by atoms with Crippen LogP contribution in [0.2, 0.25) is 0 Å². The van der Waals surface area contributed by atoms with E-state index in [0.29, 0.717) is 24.1 Å². The van der Waals surface area contributed by atoms with Crippen LogP contribution in [0.3, 0.4) is 0 Å². The van der Waals surface area contributed by atoms with Crippen molar-refractivity contribution >= 4 is 71.1 Å². The number of nitrogens with zero attached hydrogens (tertiary/aromatic N) is 3. The van der Waals surface area contributed by atoms with Crippen molar-refractivity contribution < 1.29 is 63.3 Å². The molecule has 0 bridgehead atoms. The van der Waals surface area contributed by atoms with Gasteiger partial charge in [-0.2, -0.15) is 0 Å². The van der Waals surface area contributed by atoms with Crippen molar-refractivity contribution in [2.45, 2.75) is 185 Å². The predicted molar refractivity (Wildman–Crippen MR) is 316 cm³/mol. The van der Waals surface area contributed by atoms with Crippen LogP contribution in [-0.4, -0.2) is 183 Å². The molecule has 1 unspecified atom stereocenters. The SMILES string of the molecule is CCC(C)[C@H](NC(=O)[C@@H](CCCN=C(N)N)NC(=O)CNC(=O)[C@@H](NC(=O)[C@@H](NC(=O)[C@H](Cc1cnc[nH]1)NC(=O)[C@@H](Cc1ccccc1)NC(=O)[C@H](C)NC(=O)[C@@H](N)CCCN=C(N)N)[C@@H](C)O)[C@@H](C)O)C(=O)N[C@@H](CC1CCCCC1)C(=O)O. The first-order valence-electron chi connectivity index (χ1n) is 28.9. The van der Waals surface area contributed by atoms with Crippen LogP contribution in [-0.2, 0) is 60.8 Å². The highest BCUT2D eigenvalue weighted by atomic mass is 16.4. The van der Waals surface area contributed by atoms with E-state index < -0.39 is 138 Å². The van der Waals surface area contributed by atoms with E-state index in [1.54, 1.807) is 44.2 Å². The van der Waals surface area contributed by atoms with E-state index in [1.807, 2.05) is 0 Å². The fourth-order valence-electron chi connectivity index (χ4n) is 9.29. The third kappa shape index (κ3) is 25.8. The average Bonchev–Trinajstić information content (AvgIpc) is 3.52. The Morgan fingerprint density at radius 2 is 1.14 bits per heavy atom. The van der Waals surface area contributed by atoms with Gasteiger partial charge in [0.1, 0.15) is 48.3 Å². The summed E-state index contributed by atoms with van der Waals surface area (Å²) in [5.41, 5.74) is 28.6. The summed E-state index contributed by atoms with van der Waals surface area (Å²) in [5.74, 6) is -10.1. The number of amides is 9. The topological polar surface area (TPSA) is 523 Å². The molecule has 0 saturated heterocycles. The van der Waals surface area contributed by atoms with Crippen molar-refractivity contribution in [1.82, 2.24) is 57.8 Å². The monoisotopic (exact) mass is 1210 g/mol. The number of H-pyrrole nitrogens is 1. The van der Waals surface area contributed by atoms with Gasteiger partial charge in [0.05, 0.1) is 31.1 Å². The quantitative estimate of drug-likeness (QED) is 0.0172. The number of nitrogens with two attached hydrogens (primary N) is 5. The summed E-state index contributed by atoms with van der Waals surface area (Å²) in [7, 11) is 0. The fourth-order valence-corrected chi connectivity index (χ4v) is 9.29. The predicted octanol–water partition coefficient (Wildman–Crippen LogP) is -4.49. The molecule has 1 aliphatic carbocycles. The van der Waals surface area contributed by atoms with Crippen molar-refractivity contribution in [3.8, 4) is 0 Å². The molecule has 86 heavy (non-hydrogen) atoms. The Hall–Kier alpha value is -8.45. The molecule has 0 spiro atoms. The number of carbonyl (C=O) groups is 10. The van der Waals surface area contributed by atoms with Gasteiger partial charge in [-0.3, -0.25) is 53.1 Å². The Kier molecular flexibility index (Phi) is 31.0. The lowest BCUT2D eigenvalue weighted by Crippen LogP contribution is -2.63. The van der Waals surface area contributed by atoms with E-state index in [0.717, 1.165) is 46.0 Å². The molecular weight excluding hydrogens is 1120 g/mol. The highest BCUT2D eigenvalue weighted by Crippen LogP contribution is 2.27. The van der Waals surface area contributed by atoms with Crippen molar-refractivity contribution in [1.29, 1.82) is 0 Å². The molecule has 1 fully saturated rings. The third-order valence-electron chi connectivity index (χ3n) is 14.4. The number of nitrogens with one attached hydrogen (secondary N) is 10. The standard InChI is InChI=1S/C55H90N18O13/c1-6-29(2)42(51(83)70-40(53(85)86)24-34-17-11-8-12-18-34)71-47(79)37(20-14-22-63-55(59)60)67-41(76)27-64-50(82)43(31(4)74)73-52(84)44(32(5)75)72-49(81)39(25-35-26-61-28-65-35)69-48(80)38(23-33-15-9-7-10-16-33)68-45(77)30(3)66-46(78)36(56)19-13-21-62-54(57)58/h7,9-10,15-16,26,28-32,34,36-40,42-44,74-75H,6,8,11-14,17-25,27,56H2,1-5H3,(H,61,65)(H,64,82)(H,66,78)(H,67,76)(H,68,77)(H,69,80)(H,70,83)(H,71,79)(H,72,81)(H,73,84)(H,85,86)(H4,57,58,62)(H4,59,60,63)/t29?,30-,31+,32+,36-,37+,38+,39-,40-,42-,43-,44-/m0/s1. The molecule has 1 aliphatic rings. The highest BCUT2D eigenvalue weighted by Gasteiger charge is 2.37. The van der Waals surface area contributed by atoms with Gasteiger partial charge in [0.15, 0.2) is 11.9 Å². The van der Waals surface area contributed by atoms with Gasteiger partial charge < -0.3 is 96.8 Å². The molecule has 0 aliphatic heterocycles.